The standard InChI is InChI=1S/C12H22N4O3S/c1-9-11(12(13)14-16(9)3)20(17,18)15(2)8-10-4-6-19-7-5-10/h10H,4-8H2,1-3H3,(H2,13,14). The molecule has 1 aromatic heterocycles. The molecule has 0 radical (unpaired) electrons. The highest BCUT2D eigenvalue weighted by Gasteiger charge is 2.30. The summed E-state index contributed by atoms with van der Waals surface area (Å²) in [7, 11) is -0.317. The highest BCUT2D eigenvalue weighted by atomic mass is 32.2. The monoisotopic (exact) mass is 302 g/mol. The highest BCUT2D eigenvalue weighted by molar-refractivity contribution is 7.89. The van der Waals surface area contributed by atoms with Crippen LogP contribution in [0, 0.1) is 12.8 Å². The number of aryl methyl sites for hydroxylation is 1. The van der Waals surface area contributed by atoms with Gasteiger partial charge in [0.15, 0.2) is 5.82 Å². The van der Waals surface area contributed by atoms with Gasteiger partial charge in [0, 0.05) is 33.9 Å². The Labute approximate surface area is 119 Å². The molecular weight excluding hydrogens is 280 g/mol. The third kappa shape index (κ3) is 2.82. The van der Waals surface area contributed by atoms with Crippen LogP contribution in [0.15, 0.2) is 4.90 Å². The number of nitrogens with zero attached hydrogens (tertiary/aromatic N) is 3. The quantitative estimate of drug-likeness (QED) is 0.867. The second-order valence-corrected chi connectivity index (χ2v) is 7.25. The van der Waals surface area contributed by atoms with Crippen molar-refractivity contribution >= 4 is 15.8 Å². The Bertz CT molecular complexity index is 576. The lowest BCUT2D eigenvalue weighted by molar-refractivity contribution is 0.0620. The van der Waals surface area contributed by atoms with Gasteiger partial charge >= 0.3 is 0 Å². The maximum atomic E-state index is 12.6. The van der Waals surface area contributed by atoms with E-state index in [-0.39, 0.29) is 10.7 Å². The number of nitrogen functional groups attached to an aromatic ring is 1. The van der Waals surface area contributed by atoms with Gasteiger partial charge < -0.3 is 10.5 Å². The molecule has 1 aliphatic heterocycles. The minimum atomic E-state index is -3.59. The lowest BCUT2D eigenvalue weighted by Gasteiger charge is -2.26. The van der Waals surface area contributed by atoms with Crippen LogP contribution < -0.4 is 5.73 Å². The Kier molecular flexibility index (Phi) is 4.36. The van der Waals surface area contributed by atoms with Gasteiger partial charge in [0.05, 0.1) is 5.69 Å². The highest BCUT2D eigenvalue weighted by Crippen LogP contribution is 2.26. The molecule has 1 aromatic rings. The van der Waals surface area contributed by atoms with E-state index in [0.717, 1.165) is 12.8 Å². The van der Waals surface area contributed by atoms with Crippen LogP contribution in [-0.2, 0) is 21.8 Å². The third-order valence-electron chi connectivity index (χ3n) is 3.83. The predicted octanol–water partition coefficient (Wildman–Crippen LogP) is 0.358. The molecule has 0 aromatic carbocycles. The molecular formula is C12H22N4O3S. The molecule has 0 unspecified atom stereocenters. The number of aromatic nitrogens is 2. The number of anilines is 1. The lowest BCUT2D eigenvalue weighted by Crippen LogP contribution is -2.34. The second-order valence-electron chi connectivity index (χ2n) is 5.26. The molecule has 0 saturated carbocycles. The van der Waals surface area contributed by atoms with Crippen molar-refractivity contribution in [2.45, 2.75) is 24.7 Å². The Morgan fingerprint density at radius 1 is 1.45 bits per heavy atom. The molecule has 0 bridgehead atoms. The summed E-state index contributed by atoms with van der Waals surface area (Å²) in [5.41, 5.74) is 6.30. The van der Waals surface area contributed by atoms with Crippen LogP contribution in [0.5, 0.6) is 0 Å². The summed E-state index contributed by atoms with van der Waals surface area (Å²) in [5, 5.41) is 3.97. The molecule has 0 amide bonds. The number of sulfonamides is 1. The number of ether oxygens (including phenoxy) is 1. The molecule has 2 heterocycles. The zero-order chi connectivity index (χ0) is 14.9. The number of rotatable bonds is 4. The van der Waals surface area contributed by atoms with Crippen molar-refractivity contribution in [1.82, 2.24) is 14.1 Å². The lowest BCUT2D eigenvalue weighted by atomic mass is 10.0. The molecule has 0 atom stereocenters. The van der Waals surface area contributed by atoms with E-state index in [9.17, 15) is 8.42 Å². The smallest absolute Gasteiger partial charge is 0.248 e. The zero-order valence-corrected chi connectivity index (χ0v) is 13.0. The SMILES string of the molecule is Cc1c(S(=O)(=O)N(C)CC2CCOCC2)c(N)nn1C. The third-order valence-corrected chi connectivity index (χ3v) is 5.82. The van der Waals surface area contributed by atoms with Gasteiger partial charge in [0.25, 0.3) is 0 Å². The van der Waals surface area contributed by atoms with Gasteiger partial charge in [0.2, 0.25) is 10.0 Å². The Morgan fingerprint density at radius 3 is 2.55 bits per heavy atom. The van der Waals surface area contributed by atoms with E-state index in [4.69, 9.17) is 10.5 Å². The summed E-state index contributed by atoms with van der Waals surface area (Å²) in [6.07, 6.45) is 1.78. The van der Waals surface area contributed by atoms with Crippen molar-refractivity contribution in [2.24, 2.45) is 13.0 Å². The van der Waals surface area contributed by atoms with E-state index >= 15 is 0 Å². The van der Waals surface area contributed by atoms with Crippen molar-refractivity contribution in [2.75, 3.05) is 32.5 Å². The first-order valence-corrected chi connectivity index (χ1v) is 8.11. The van der Waals surface area contributed by atoms with Crippen LogP contribution in [0.1, 0.15) is 18.5 Å². The molecule has 2 N–H and O–H groups in total. The van der Waals surface area contributed by atoms with Crippen molar-refractivity contribution in [3.63, 3.8) is 0 Å². The van der Waals surface area contributed by atoms with E-state index in [1.807, 2.05) is 0 Å². The van der Waals surface area contributed by atoms with Crippen molar-refractivity contribution in [3.8, 4) is 0 Å². The first kappa shape index (κ1) is 15.3. The summed E-state index contributed by atoms with van der Waals surface area (Å²) >= 11 is 0. The van der Waals surface area contributed by atoms with Gasteiger partial charge in [-0.3, -0.25) is 4.68 Å². The van der Waals surface area contributed by atoms with E-state index in [1.165, 1.54) is 8.99 Å². The molecule has 8 heteroatoms. The normalized spacial score (nSPS) is 17.8. The fourth-order valence-corrected chi connectivity index (χ4v) is 4.01. The van der Waals surface area contributed by atoms with Crippen molar-refractivity contribution in [3.05, 3.63) is 5.69 Å². The van der Waals surface area contributed by atoms with E-state index in [0.29, 0.717) is 31.4 Å². The maximum absolute atomic E-state index is 12.6. The average Bonchev–Trinajstić information content (AvgIpc) is 2.64. The number of hydrogen-bond donors (Lipinski definition) is 1. The molecule has 0 spiro atoms. The Morgan fingerprint density at radius 2 is 2.05 bits per heavy atom. The van der Waals surface area contributed by atoms with E-state index in [1.54, 1.807) is 21.0 Å². The molecule has 1 saturated heterocycles. The van der Waals surface area contributed by atoms with Crippen LogP contribution in [0.25, 0.3) is 0 Å². The summed E-state index contributed by atoms with van der Waals surface area (Å²) in [4.78, 5) is 0.120. The molecule has 1 aliphatic rings. The summed E-state index contributed by atoms with van der Waals surface area (Å²) in [6, 6.07) is 0. The van der Waals surface area contributed by atoms with Crippen LogP contribution in [0.3, 0.4) is 0 Å². The Balaban J connectivity index is 2.20. The molecule has 2 rings (SSSR count). The predicted molar refractivity (Wildman–Crippen MR) is 75.7 cm³/mol. The molecule has 114 valence electrons. The van der Waals surface area contributed by atoms with Crippen LogP contribution >= 0.6 is 0 Å². The largest absolute Gasteiger partial charge is 0.381 e. The van der Waals surface area contributed by atoms with Gasteiger partial charge in [0.1, 0.15) is 4.90 Å². The Hall–Kier alpha value is -1.12. The van der Waals surface area contributed by atoms with Crippen LogP contribution in [0.2, 0.25) is 0 Å². The fraction of sp³-hybridized carbons (Fsp3) is 0.750. The van der Waals surface area contributed by atoms with Gasteiger partial charge in [-0.2, -0.15) is 5.10 Å². The number of hydrogen-bond acceptors (Lipinski definition) is 5. The summed E-state index contributed by atoms with van der Waals surface area (Å²) in [5.74, 6) is 0.394. The zero-order valence-electron chi connectivity index (χ0n) is 12.2. The summed E-state index contributed by atoms with van der Waals surface area (Å²) in [6.45, 7) is 3.59. The fourth-order valence-electron chi connectivity index (χ4n) is 2.48. The van der Waals surface area contributed by atoms with Gasteiger partial charge in [-0.1, -0.05) is 0 Å². The molecule has 7 nitrogen and oxygen atoms in total. The van der Waals surface area contributed by atoms with E-state index in [2.05, 4.69) is 5.10 Å². The molecule has 20 heavy (non-hydrogen) atoms. The maximum Gasteiger partial charge on any atom is 0.248 e. The van der Waals surface area contributed by atoms with Crippen LogP contribution in [-0.4, -0.2) is 49.3 Å². The van der Waals surface area contributed by atoms with Gasteiger partial charge in [-0.15, -0.1) is 0 Å². The average molecular weight is 302 g/mol. The van der Waals surface area contributed by atoms with Gasteiger partial charge in [-0.05, 0) is 25.7 Å². The van der Waals surface area contributed by atoms with E-state index < -0.39 is 10.0 Å². The summed E-state index contributed by atoms with van der Waals surface area (Å²) < 4.78 is 33.4. The van der Waals surface area contributed by atoms with Gasteiger partial charge in [-0.25, -0.2) is 12.7 Å². The first-order chi connectivity index (χ1) is 9.34. The topological polar surface area (TPSA) is 90.4 Å². The minimum Gasteiger partial charge on any atom is -0.381 e. The first-order valence-electron chi connectivity index (χ1n) is 6.67. The minimum absolute atomic E-state index is 0.0591. The molecule has 0 aliphatic carbocycles. The molecule has 1 fully saturated rings. The van der Waals surface area contributed by atoms with Crippen molar-refractivity contribution < 1.29 is 13.2 Å². The van der Waals surface area contributed by atoms with Crippen molar-refractivity contribution in [1.29, 1.82) is 0 Å². The second kappa shape index (κ2) is 5.71. The van der Waals surface area contributed by atoms with Crippen LogP contribution in [0.4, 0.5) is 5.82 Å². The number of nitrogens with two attached hydrogens (primary N) is 1.